The van der Waals surface area contributed by atoms with Gasteiger partial charge < -0.3 is 5.32 Å². The standard InChI is InChI=1S/C12H21N3/c1-4-6-12-14-10-11(3)15(12)9-8-13-7-5-2/h4-5,11,13H,1-2,6-10H2,3H3/p+1. The molecule has 1 aliphatic rings. The third-order valence-corrected chi connectivity index (χ3v) is 2.64. The Hall–Kier alpha value is -1.09. The van der Waals surface area contributed by atoms with E-state index in [1.807, 2.05) is 12.2 Å². The smallest absolute Gasteiger partial charge is 0.249 e. The average Bonchev–Trinajstić information content (AvgIpc) is 2.56. The van der Waals surface area contributed by atoms with Gasteiger partial charge in [-0.2, -0.15) is 0 Å². The van der Waals surface area contributed by atoms with Crippen LogP contribution in [0.15, 0.2) is 25.3 Å². The second-order valence-electron chi connectivity index (χ2n) is 3.86. The Morgan fingerprint density at radius 3 is 3.00 bits per heavy atom. The summed E-state index contributed by atoms with van der Waals surface area (Å²) in [4.78, 5) is 0. The van der Waals surface area contributed by atoms with Gasteiger partial charge >= 0.3 is 0 Å². The highest BCUT2D eigenvalue weighted by molar-refractivity contribution is 5.79. The fraction of sp³-hybridized carbons (Fsp3) is 0.583. The highest BCUT2D eigenvalue weighted by atomic mass is 15.2. The van der Waals surface area contributed by atoms with Crippen LogP contribution in [0, 0.1) is 0 Å². The molecule has 0 aromatic rings. The summed E-state index contributed by atoms with van der Waals surface area (Å²) in [5.41, 5.74) is 0. The Morgan fingerprint density at radius 1 is 1.53 bits per heavy atom. The van der Waals surface area contributed by atoms with Crippen molar-refractivity contribution in [2.24, 2.45) is 0 Å². The van der Waals surface area contributed by atoms with E-state index in [0.717, 1.165) is 32.6 Å². The Balaban J connectivity index is 2.43. The molecule has 1 atom stereocenters. The minimum absolute atomic E-state index is 0.588. The van der Waals surface area contributed by atoms with Crippen LogP contribution in [0.25, 0.3) is 0 Å². The molecule has 15 heavy (non-hydrogen) atoms. The van der Waals surface area contributed by atoms with E-state index in [1.165, 1.54) is 5.84 Å². The predicted molar refractivity (Wildman–Crippen MR) is 65.5 cm³/mol. The predicted octanol–water partition coefficient (Wildman–Crippen LogP) is 0.741. The molecule has 0 amide bonds. The summed E-state index contributed by atoms with van der Waals surface area (Å²) in [6, 6.07) is 0.588. The maximum atomic E-state index is 3.78. The van der Waals surface area contributed by atoms with Crippen molar-refractivity contribution >= 4 is 5.84 Å². The first-order valence-electron chi connectivity index (χ1n) is 5.58. The molecule has 1 aliphatic heterocycles. The number of nitrogens with one attached hydrogen (secondary N) is 2. The summed E-state index contributed by atoms with van der Waals surface area (Å²) in [6.07, 6.45) is 4.77. The second kappa shape index (κ2) is 6.40. The van der Waals surface area contributed by atoms with Crippen molar-refractivity contribution in [3.05, 3.63) is 25.3 Å². The largest absolute Gasteiger partial charge is 0.309 e. The first-order valence-corrected chi connectivity index (χ1v) is 5.58. The van der Waals surface area contributed by atoms with Crippen LogP contribution in [0.2, 0.25) is 0 Å². The molecule has 2 N–H and O–H groups in total. The highest BCUT2D eigenvalue weighted by Gasteiger charge is 2.25. The zero-order valence-corrected chi connectivity index (χ0v) is 9.63. The Labute approximate surface area is 92.6 Å². The summed E-state index contributed by atoms with van der Waals surface area (Å²) in [5, 5.41) is 6.74. The second-order valence-corrected chi connectivity index (χ2v) is 3.86. The molecule has 0 fully saturated rings. The van der Waals surface area contributed by atoms with Gasteiger partial charge in [-0.1, -0.05) is 12.2 Å². The van der Waals surface area contributed by atoms with Crippen LogP contribution >= 0.6 is 0 Å². The lowest BCUT2D eigenvalue weighted by atomic mass is 10.3. The van der Waals surface area contributed by atoms with E-state index >= 15 is 0 Å². The molecule has 3 heteroatoms. The molecule has 1 rings (SSSR count). The molecule has 0 aromatic carbocycles. The van der Waals surface area contributed by atoms with Crippen LogP contribution in [0.3, 0.4) is 0 Å². The van der Waals surface area contributed by atoms with Gasteiger partial charge in [0, 0.05) is 13.1 Å². The van der Waals surface area contributed by atoms with Crippen molar-refractivity contribution in [3.8, 4) is 0 Å². The lowest BCUT2D eigenvalue weighted by molar-refractivity contribution is -0.550. The lowest BCUT2D eigenvalue weighted by Crippen LogP contribution is -2.31. The molecule has 0 aliphatic carbocycles. The van der Waals surface area contributed by atoms with E-state index in [9.17, 15) is 0 Å². The van der Waals surface area contributed by atoms with E-state index in [4.69, 9.17) is 0 Å². The van der Waals surface area contributed by atoms with Crippen LogP contribution < -0.4 is 10.6 Å². The maximum absolute atomic E-state index is 3.78. The van der Waals surface area contributed by atoms with Crippen molar-refractivity contribution in [2.45, 2.75) is 19.4 Å². The van der Waals surface area contributed by atoms with E-state index < -0.39 is 0 Å². The van der Waals surface area contributed by atoms with Gasteiger partial charge in [0.15, 0.2) is 0 Å². The number of hydrogen-bond donors (Lipinski definition) is 2. The van der Waals surface area contributed by atoms with Gasteiger partial charge in [0.05, 0.1) is 13.0 Å². The molecule has 0 bridgehead atoms. The molecular formula is C12H22N3+. The number of amidine groups is 1. The Kier molecular flexibility index (Phi) is 5.12. The Morgan fingerprint density at radius 2 is 2.33 bits per heavy atom. The van der Waals surface area contributed by atoms with Crippen LogP contribution in [0.5, 0.6) is 0 Å². The van der Waals surface area contributed by atoms with E-state index in [2.05, 4.69) is 35.3 Å². The van der Waals surface area contributed by atoms with Crippen molar-refractivity contribution < 1.29 is 4.58 Å². The van der Waals surface area contributed by atoms with Crippen LogP contribution in [0.1, 0.15) is 13.3 Å². The summed E-state index contributed by atoms with van der Waals surface area (Å²) in [5.74, 6) is 1.30. The van der Waals surface area contributed by atoms with Crippen LogP contribution in [-0.4, -0.2) is 42.6 Å². The first kappa shape index (κ1) is 12.0. The minimum Gasteiger partial charge on any atom is -0.309 e. The first-order chi connectivity index (χ1) is 7.29. The van der Waals surface area contributed by atoms with Crippen molar-refractivity contribution in [2.75, 3.05) is 26.2 Å². The van der Waals surface area contributed by atoms with E-state index in [0.29, 0.717) is 6.04 Å². The van der Waals surface area contributed by atoms with Gasteiger partial charge in [-0.3, -0.25) is 9.89 Å². The molecule has 0 spiro atoms. The minimum atomic E-state index is 0.588. The molecule has 1 heterocycles. The fourth-order valence-electron chi connectivity index (χ4n) is 1.83. The van der Waals surface area contributed by atoms with Crippen molar-refractivity contribution in [1.29, 1.82) is 0 Å². The fourth-order valence-corrected chi connectivity index (χ4v) is 1.83. The highest BCUT2D eigenvalue weighted by Crippen LogP contribution is 2.00. The zero-order chi connectivity index (χ0) is 11.1. The maximum Gasteiger partial charge on any atom is 0.249 e. The Bertz CT molecular complexity index is 256. The number of hydrogen-bond acceptors (Lipinski definition) is 2. The molecule has 0 saturated heterocycles. The van der Waals surface area contributed by atoms with E-state index in [1.54, 1.807) is 0 Å². The summed E-state index contributed by atoms with van der Waals surface area (Å²) in [7, 11) is 0. The van der Waals surface area contributed by atoms with Gasteiger partial charge in [-0.15, -0.1) is 13.2 Å². The number of rotatable bonds is 7. The molecule has 1 unspecified atom stereocenters. The van der Waals surface area contributed by atoms with Gasteiger partial charge in [0.25, 0.3) is 0 Å². The van der Waals surface area contributed by atoms with E-state index in [-0.39, 0.29) is 0 Å². The number of nitrogens with zero attached hydrogens (tertiary/aromatic N) is 1. The monoisotopic (exact) mass is 208 g/mol. The van der Waals surface area contributed by atoms with Gasteiger partial charge in [-0.05, 0) is 6.92 Å². The SMILES string of the molecule is C=CCNCC[N+]1=C(CC=C)NCC1C. The van der Waals surface area contributed by atoms with Crippen LogP contribution in [0.4, 0.5) is 0 Å². The molecule has 84 valence electrons. The molecule has 0 saturated carbocycles. The van der Waals surface area contributed by atoms with Crippen LogP contribution in [-0.2, 0) is 0 Å². The summed E-state index contributed by atoms with van der Waals surface area (Å²) < 4.78 is 2.41. The average molecular weight is 208 g/mol. The topological polar surface area (TPSA) is 27.1 Å². The van der Waals surface area contributed by atoms with Gasteiger partial charge in [-0.25, -0.2) is 0 Å². The van der Waals surface area contributed by atoms with Crippen molar-refractivity contribution in [1.82, 2.24) is 10.6 Å². The van der Waals surface area contributed by atoms with Crippen molar-refractivity contribution in [3.63, 3.8) is 0 Å². The quantitative estimate of drug-likeness (QED) is 0.367. The molecular weight excluding hydrogens is 186 g/mol. The van der Waals surface area contributed by atoms with Gasteiger partial charge in [0.1, 0.15) is 12.6 Å². The third kappa shape index (κ3) is 3.51. The summed E-state index contributed by atoms with van der Waals surface area (Å²) >= 11 is 0. The van der Waals surface area contributed by atoms with Gasteiger partial charge in [0.2, 0.25) is 5.84 Å². The normalized spacial score (nSPS) is 20.2. The summed E-state index contributed by atoms with van der Waals surface area (Å²) in [6.45, 7) is 13.7. The molecule has 3 nitrogen and oxygen atoms in total. The zero-order valence-electron chi connectivity index (χ0n) is 9.63. The molecule has 0 aromatic heterocycles. The third-order valence-electron chi connectivity index (χ3n) is 2.64. The lowest BCUT2D eigenvalue weighted by Gasteiger charge is -2.08. The molecule has 0 radical (unpaired) electrons.